The molecule has 0 saturated carbocycles. The minimum absolute atomic E-state index is 0.0635. The Morgan fingerprint density at radius 1 is 1.52 bits per heavy atom. The number of hydrogen-bond acceptors (Lipinski definition) is 5. The van der Waals surface area contributed by atoms with E-state index in [1.165, 1.54) is 6.20 Å². The second-order valence-corrected chi connectivity index (χ2v) is 5.94. The minimum atomic E-state index is -1.13. The standard InChI is InChI=1S/C15H17ClN4O3/c16-11-2-1-3-12(8-11)23-7-4-14(21)20-6-5-15(22,10-20)13-9-17-19-18-13/h1-3,8-9,22H,4-7,10H2,(H,17,18,19)/t15-/m1/s1. The van der Waals surface area contributed by atoms with Crippen LogP contribution in [-0.4, -0.2) is 51.0 Å². The first-order valence-corrected chi connectivity index (χ1v) is 7.69. The number of likely N-dealkylation sites (tertiary alicyclic amines) is 1. The van der Waals surface area contributed by atoms with E-state index in [4.69, 9.17) is 16.3 Å². The van der Waals surface area contributed by atoms with Crippen LogP contribution in [0.4, 0.5) is 0 Å². The number of aliphatic hydroxyl groups is 1. The number of aromatic amines is 1. The van der Waals surface area contributed by atoms with Crippen molar-refractivity contribution < 1.29 is 14.6 Å². The van der Waals surface area contributed by atoms with E-state index in [0.29, 0.717) is 29.4 Å². The molecule has 1 amide bonds. The second kappa shape index (κ2) is 6.55. The number of aromatic nitrogens is 3. The SMILES string of the molecule is O=C(CCOc1cccc(Cl)c1)N1CC[C@](O)(c2cn[nH]n2)C1. The Morgan fingerprint density at radius 2 is 2.39 bits per heavy atom. The number of halogens is 1. The van der Waals surface area contributed by atoms with Crippen LogP contribution in [0.5, 0.6) is 5.75 Å². The van der Waals surface area contributed by atoms with E-state index in [0.717, 1.165) is 0 Å². The maximum Gasteiger partial charge on any atom is 0.226 e. The molecule has 1 saturated heterocycles. The first kappa shape index (κ1) is 15.8. The Labute approximate surface area is 138 Å². The lowest BCUT2D eigenvalue weighted by atomic mass is 10.0. The fourth-order valence-corrected chi connectivity index (χ4v) is 2.79. The fourth-order valence-electron chi connectivity index (χ4n) is 2.61. The minimum Gasteiger partial charge on any atom is -0.493 e. The van der Waals surface area contributed by atoms with Crippen molar-refractivity contribution in [3.05, 3.63) is 41.2 Å². The highest BCUT2D eigenvalue weighted by atomic mass is 35.5. The lowest BCUT2D eigenvalue weighted by molar-refractivity contribution is -0.131. The quantitative estimate of drug-likeness (QED) is 0.860. The first-order chi connectivity index (χ1) is 11.1. The van der Waals surface area contributed by atoms with Crippen molar-refractivity contribution in [2.45, 2.75) is 18.4 Å². The molecule has 0 spiro atoms. The van der Waals surface area contributed by atoms with Crippen molar-refractivity contribution in [2.24, 2.45) is 0 Å². The summed E-state index contributed by atoms with van der Waals surface area (Å²) in [5.41, 5.74) is -0.667. The highest BCUT2D eigenvalue weighted by molar-refractivity contribution is 6.30. The van der Waals surface area contributed by atoms with Gasteiger partial charge in [0, 0.05) is 18.0 Å². The summed E-state index contributed by atoms with van der Waals surface area (Å²) in [5, 5.41) is 21.2. The predicted molar refractivity (Wildman–Crippen MR) is 83.0 cm³/mol. The molecule has 8 heteroatoms. The summed E-state index contributed by atoms with van der Waals surface area (Å²) in [7, 11) is 0. The Bertz CT molecular complexity index is 679. The molecule has 122 valence electrons. The average Bonchev–Trinajstić information content (AvgIpc) is 3.17. The molecule has 7 nitrogen and oxygen atoms in total. The average molecular weight is 337 g/mol. The maximum atomic E-state index is 12.2. The number of carbonyl (C=O) groups is 1. The van der Waals surface area contributed by atoms with Crippen LogP contribution in [0.15, 0.2) is 30.5 Å². The van der Waals surface area contributed by atoms with E-state index in [1.807, 2.05) is 0 Å². The van der Waals surface area contributed by atoms with Gasteiger partial charge in [-0.1, -0.05) is 17.7 Å². The van der Waals surface area contributed by atoms with E-state index in [1.54, 1.807) is 29.2 Å². The van der Waals surface area contributed by atoms with E-state index in [-0.39, 0.29) is 25.5 Å². The number of benzene rings is 1. The Hall–Kier alpha value is -2.12. The van der Waals surface area contributed by atoms with E-state index < -0.39 is 5.60 Å². The normalized spacial score (nSPS) is 20.7. The molecule has 23 heavy (non-hydrogen) atoms. The molecule has 0 radical (unpaired) electrons. The summed E-state index contributed by atoms with van der Waals surface area (Å²) < 4.78 is 5.52. The summed E-state index contributed by atoms with van der Waals surface area (Å²) in [5.74, 6) is 0.567. The fraction of sp³-hybridized carbons (Fsp3) is 0.400. The van der Waals surface area contributed by atoms with Gasteiger partial charge in [0.05, 0.1) is 25.8 Å². The number of amides is 1. The van der Waals surface area contributed by atoms with Crippen LogP contribution in [0.1, 0.15) is 18.5 Å². The van der Waals surface area contributed by atoms with E-state index >= 15 is 0 Å². The van der Waals surface area contributed by atoms with Crippen LogP contribution >= 0.6 is 11.6 Å². The van der Waals surface area contributed by atoms with Gasteiger partial charge in [-0.2, -0.15) is 15.4 Å². The van der Waals surface area contributed by atoms with Crippen molar-refractivity contribution >= 4 is 17.5 Å². The zero-order valence-corrected chi connectivity index (χ0v) is 13.2. The van der Waals surface area contributed by atoms with Gasteiger partial charge in [0.15, 0.2) is 0 Å². The Morgan fingerprint density at radius 3 is 3.13 bits per heavy atom. The Balaban J connectivity index is 1.50. The summed E-state index contributed by atoms with van der Waals surface area (Å²) in [6.07, 6.45) is 2.16. The summed E-state index contributed by atoms with van der Waals surface area (Å²) in [4.78, 5) is 13.8. The van der Waals surface area contributed by atoms with Crippen molar-refractivity contribution in [3.8, 4) is 5.75 Å². The lowest BCUT2D eigenvalue weighted by Crippen LogP contribution is -2.35. The number of hydrogen-bond donors (Lipinski definition) is 2. The number of nitrogens with zero attached hydrogens (tertiary/aromatic N) is 3. The largest absolute Gasteiger partial charge is 0.493 e. The molecule has 0 unspecified atom stereocenters. The van der Waals surface area contributed by atoms with Gasteiger partial charge < -0.3 is 14.7 Å². The van der Waals surface area contributed by atoms with Crippen molar-refractivity contribution in [1.82, 2.24) is 20.3 Å². The zero-order valence-electron chi connectivity index (χ0n) is 12.4. The van der Waals surface area contributed by atoms with E-state index in [9.17, 15) is 9.90 Å². The Kier molecular flexibility index (Phi) is 4.49. The van der Waals surface area contributed by atoms with Gasteiger partial charge >= 0.3 is 0 Å². The number of rotatable bonds is 5. The van der Waals surface area contributed by atoms with Crippen LogP contribution in [-0.2, 0) is 10.4 Å². The van der Waals surface area contributed by atoms with Crippen LogP contribution in [0.2, 0.25) is 5.02 Å². The summed E-state index contributed by atoms with van der Waals surface area (Å²) in [6, 6.07) is 7.03. The molecule has 3 rings (SSSR count). The van der Waals surface area contributed by atoms with E-state index in [2.05, 4.69) is 15.4 Å². The van der Waals surface area contributed by atoms with Crippen molar-refractivity contribution in [1.29, 1.82) is 0 Å². The van der Waals surface area contributed by atoms with Gasteiger partial charge in [0.1, 0.15) is 17.0 Å². The number of carbonyl (C=O) groups excluding carboxylic acids is 1. The molecule has 1 aliphatic rings. The van der Waals surface area contributed by atoms with Crippen LogP contribution in [0.25, 0.3) is 0 Å². The number of β-amino-alcohol motifs (C(OH)–C–C–N with tert-alkyl or cyclic N) is 1. The number of ether oxygens (including phenoxy) is 1. The van der Waals surface area contributed by atoms with Crippen molar-refractivity contribution in [3.63, 3.8) is 0 Å². The lowest BCUT2D eigenvalue weighted by Gasteiger charge is -2.21. The predicted octanol–water partition coefficient (Wildman–Crippen LogP) is 1.35. The molecule has 1 fully saturated rings. The molecular weight excluding hydrogens is 320 g/mol. The molecule has 1 aliphatic heterocycles. The summed E-state index contributed by atoms with van der Waals surface area (Å²) in [6.45, 7) is 0.965. The van der Waals surface area contributed by atoms with Gasteiger partial charge in [0.2, 0.25) is 5.91 Å². The topological polar surface area (TPSA) is 91.3 Å². The highest BCUT2D eigenvalue weighted by Crippen LogP contribution is 2.30. The summed E-state index contributed by atoms with van der Waals surface area (Å²) >= 11 is 5.87. The van der Waals surface area contributed by atoms with Crippen LogP contribution in [0, 0.1) is 0 Å². The van der Waals surface area contributed by atoms with Gasteiger partial charge in [-0.15, -0.1) is 0 Å². The molecule has 2 N–H and O–H groups in total. The molecule has 2 aromatic rings. The molecule has 1 aromatic carbocycles. The van der Waals surface area contributed by atoms with Crippen molar-refractivity contribution in [2.75, 3.05) is 19.7 Å². The van der Waals surface area contributed by atoms with Gasteiger partial charge in [0.25, 0.3) is 0 Å². The van der Waals surface area contributed by atoms with Gasteiger partial charge in [-0.25, -0.2) is 0 Å². The van der Waals surface area contributed by atoms with Gasteiger partial charge in [-0.3, -0.25) is 4.79 Å². The van der Waals surface area contributed by atoms with Crippen LogP contribution in [0.3, 0.4) is 0 Å². The number of H-pyrrole nitrogens is 1. The maximum absolute atomic E-state index is 12.2. The smallest absolute Gasteiger partial charge is 0.226 e. The third kappa shape index (κ3) is 3.62. The molecule has 1 aromatic heterocycles. The van der Waals surface area contributed by atoms with Gasteiger partial charge in [-0.05, 0) is 18.2 Å². The second-order valence-electron chi connectivity index (χ2n) is 5.51. The molecule has 2 heterocycles. The highest BCUT2D eigenvalue weighted by Gasteiger charge is 2.41. The third-order valence-electron chi connectivity index (χ3n) is 3.87. The molecule has 1 atom stereocenters. The first-order valence-electron chi connectivity index (χ1n) is 7.32. The monoisotopic (exact) mass is 336 g/mol. The van der Waals surface area contributed by atoms with Crippen LogP contribution < -0.4 is 4.74 Å². The number of nitrogens with one attached hydrogen (secondary N) is 1. The molecule has 0 bridgehead atoms. The molecule has 0 aliphatic carbocycles. The zero-order chi connectivity index (χ0) is 16.3. The third-order valence-corrected chi connectivity index (χ3v) is 4.11. The molecular formula is C15H17ClN4O3.